The molecule has 1 saturated heterocycles. The van der Waals surface area contributed by atoms with Crippen molar-refractivity contribution in [3.63, 3.8) is 0 Å². The molecule has 0 radical (unpaired) electrons. The van der Waals surface area contributed by atoms with E-state index in [1.54, 1.807) is 6.92 Å². The number of alkyl halides is 3. The number of piperidine rings is 1. The molecule has 0 spiro atoms. The topological polar surface area (TPSA) is 36.4 Å². The van der Waals surface area contributed by atoms with E-state index in [2.05, 4.69) is 4.98 Å². The van der Waals surface area contributed by atoms with Crippen LogP contribution in [-0.2, 0) is 6.18 Å². The Labute approximate surface area is 103 Å². The van der Waals surface area contributed by atoms with E-state index in [1.165, 1.54) is 0 Å². The van der Waals surface area contributed by atoms with Crippen LogP contribution in [0.1, 0.15) is 24.0 Å². The van der Waals surface area contributed by atoms with E-state index in [9.17, 15) is 18.3 Å². The first kappa shape index (κ1) is 13.1. The van der Waals surface area contributed by atoms with Crippen molar-refractivity contribution in [2.45, 2.75) is 32.0 Å². The number of hydrogen-bond acceptors (Lipinski definition) is 3. The minimum Gasteiger partial charge on any atom is -0.393 e. The average molecular weight is 260 g/mol. The zero-order valence-corrected chi connectivity index (χ0v) is 10.0. The van der Waals surface area contributed by atoms with Gasteiger partial charge in [-0.2, -0.15) is 13.2 Å². The van der Waals surface area contributed by atoms with Crippen LogP contribution in [0.2, 0.25) is 0 Å². The molecule has 1 aliphatic rings. The number of anilines is 1. The van der Waals surface area contributed by atoms with Crippen LogP contribution >= 0.6 is 0 Å². The largest absolute Gasteiger partial charge is 0.417 e. The fourth-order valence-corrected chi connectivity index (χ4v) is 2.13. The van der Waals surface area contributed by atoms with Crippen LogP contribution in [0.4, 0.5) is 19.0 Å². The van der Waals surface area contributed by atoms with Gasteiger partial charge in [-0.3, -0.25) is 0 Å². The molecule has 1 aromatic rings. The first-order valence-electron chi connectivity index (χ1n) is 5.85. The molecule has 1 aliphatic heterocycles. The highest BCUT2D eigenvalue weighted by molar-refractivity contribution is 5.48. The van der Waals surface area contributed by atoms with Crippen LogP contribution in [0.15, 0.2) is 12.3 Å². The van der Waals surface area contributed by atoms with Crippen LogP contribution in [-0.4, -0.2) is 29.3 Å². The van der Waals surface area contributed by atoms with Gasteiger partial charge < -0.3 is 10.0 Å². The Morgan fingerprint density at radius 3 is 2.44 bits per heavy atom. The lowest BCUT2D eigenvalue weighted by Gasteiger charge is -2.31. The highest BCUT2D eigenvalue weighted by Gasteiger charge is 2.32. The molecular formula is C12H15F3N2O. The Kier molecular flexibility index (Phi) is 3.47. The minimum absolute atomic E-state index is 0.309. The summed E-state index contributed by atoms with van der Waals surface area (Å²) in [6.07, 6.45) is -2.54. The Hall–Kier alpha value is -1.30. The van der Waals surface area contributed by atoms with Gasteiger partial charge in [0.15, 0.2) is 0 Å². The molecule has 1 fully saturated rings. The number of pyridine rings is 1. The number of aromatic nitrogens is 1. The van der Waals surface area contributed by atoms with Crippen molar-refractivity contribution in [3.8, 4) is 0 Å². The van der Waals surface area contributed by atoms with Crippen molar-refractivity contribution in [2.75, 3.05) is 18.0 Å². The van der Waals surface area contributed by atoms with Gasteiger partial charge in [-0.15, -0.1) is 0 Å². The highest BCUT2D eigenvalue weighted by atomic mass is 19.4. The van der Waals surface area contributed by atoms with Crippen LogP contribution in [0.5, 0.6) is 0 Å². The normalized spacial score (nSPS) is 18.2. The van der Waals surface area contributed by atoms with Gasteiger partial charge in [0.1, 0.15) is 5.82 Å². The summed E-state index contributed by atoms with van der Waals surface area (Å²) in [7, 11) is 0. The number of aliphatic hydroxyl groups excluding tert-OH is 1. The third kappa shape index (κ3) is 2.75. The van der Waals surface area contributed by atoms with Crippen molar-refractivity contribution in [2.24, 2.45) is 0 Å². The summed E-state index contributed by atoms with van der Waals surface area (Å²) in [5.41, 5.74) is -0.206. The van der Waals surface area contributed by atoms with E-state index >= 15 is 0 Å². The second-order valence-corrected chi connectivity index (χ2v) is 4.58. The molecule has 1 N–H and O–H groups in total. The molecule has 100 valence electrons. The highest BCUT2D eigenvalue weighted by Crippen LogP contribution is 2.31. The quantitative estimate of drug-likeness (QED) is 0.842. The first-order chi connectivity index (χ1) is 8.38. The lowest BCUT2D eigenvalue weighted by atomic mass is 10.1. The lowest BCUT2D eigenvalue weighted by Crippen LogP contribution is -2.36. The number of aryl methyl sites for hydroxylation is 1. The molecular weight excluding hydrogens is 245 g/mol. The summed E-state index contributed by atoms with van der Waals surface area (Å²) in [5.74, 6) is 0.579. The van der Waals surface area contributed by atoms with Gasteiger partial charge in [-0.05, 0) is 31.4 Å². The number of rotatable bonds is 1. The monoisotopic (exact) mass is 260 g/mol. The number of halogens is 3. The van der Waals surface area contributed by atoms with Gasteiger partial charge in [0, 0.05) is 19.3 Å². The molecule has 6 heteroatoms. The van der Waals surface area contributed by atoms with E-state index in [4.69, 9.17) is 0 Å². The summed E-state index contributed by atoms with van der Waals surface area (Å²) in [6.45, 7) is 2.88. The van der Waals surface area contributed by atoms with E-state index in [0.29, 0.717) is 37.3 Å². The third-order valence-electron chi connectivity index (χ3n) is 3.14. The van der Waals surface area contributed by atoms with Crippen LogP contribution < -0.4 is 4.90 Å². The minimum atomic E-state index is -4.35. The lowest BCUT2D eigenvalue weighted by molar-refractivity contribution is -0.137. The summed E-state index contributed by atoms with van der Waals surface area (Å²) < 4.78 is 37.5. The second-order valence-electron chi connectivity index (χ2n) is 4.58. The van der Waals surface area contributed by atoms with Gasteiger partial charge in [-0.25, -0.2) is 4.98 Å². The predicted molar refractivity (Wildman–Crippen MR) is 61.4 cm³/mol. The van der Waals surface area contributed by atoms with Gasteiger partial charge >= 0.3 is 6.18 Å². The molecule has 18 heavy (non-hydrogen) atoms. The SMILES string of the molecule is Cc1cc(C(F)(F)F)cnc1N1CCC(O)CC1. The maximum absolute atomic E-state index is 12.5. The van der Waals surface area contributed by atoms with Crippen molar-refractivity contribution in [3.05, 3.63) is 23.4 Å². The fraction of sp³-hybridized carbons (Fsp3) is 0.583. The average Bonchev–Trinajstić information content (AvgIpc) is 2.29. The van der Waals surface area contributed by atoms with Gasteiger partial charge in [0.2, 0.25) is 0 Å². The van der Waals surface area contributed by atoms with E-state index < -0.39 is 11.7 Å². The van der Waals surface area contributed by atoms with Crippen LogP contribution in [0.3, 0.4) is 0 Å². The number of hydrogen-bond donors (Lipinski definition) is 1. The molecule has 0 aromatic carbocycles. The summed E-state index contributed by atoms with van der Waals surface area (Å²) >= 11 is 0. The summed E-state index contributed by atoms with van der Waals surface area (Å²) in [6, 6.07) is 1.12. The predicted octanol–water partition coefficient (Wildman–Crippen LogP) is 2.37. The van der Waals surface area contributed by atoms with Crippen molar-refractivity contribution in [1.82, 2.24) is 4.98 Å². The van der Waals surface area contributed by atoms with Crippen molar-refractivity contribution < 1.29 is 18.3 Å². The molecule has 0 saturated carbocycles. The number of aliphatic hydroxyl groups is 1. The van der Waals surface area contributed by atoms with Crippen molar-refractivity contribution in [1.29, 1.82) is 0 Å². The zero-order valence-electron chi connectivity index (χ0n) is 10.0. The van der Waals surface area contributed by atoms with E-state index in [-0.39, 0.29) is 6.10 Å². The van der Waals surface area contributed by atoms with E-state index in [0.717, 1.165) is 12.3 Å². The zero-order chi connectivity index (χ0) is 13.3. The van der Waals surface area contributed by atoms with E-state index in [1.807, 2.05) is 4.90 Å². The third-order valence-corrected chi connectivity index (χ3v) is 3.14. The fourth-order valence-electron chi connectivity index (χ4n) is 2.13. The molecule has 0 aliphatic carbocycles. The molecule has 0 amide bonds. The molecule has 0 unspecified atom stereocenters. The molecule has 2 rings (SSSR count). The number of nitrogens with zero attached hydrogens (tertiary/aromatic N) is 2. The smallest absolute Gasteiger partial charge is 0.393 e. The Balaban J connectivity index is 2.20. The van der Waals surface area contributed by atoms with Gasteiger partial charge in [0.05, 0.1) is 11.7 Å². The molecule has 0 bridgehead atoms. The van der Waals surface area contributed by atoms with Crippen LogP contribution in [0, 0.1) is 6.92 Å². The molecule has 2 heterocycles. The molecule has 1 aromatic heterocycles. The Bertz CT molecular complexity index is 426. The maximum Gasteiger partial charge on any atom is 0.417 e. The summed E-state index contributed by atoms with van der Waals surface area (Å²) in [5, 5.41) is 9.40. The maximum atomic E-state index is 12.5. The second kappa shape index (κ2) is 4.76. The summed E-state index contributed by atoms with van der Waals surface area (Å²) in [4.78, 5) is 5.84. The Morgan fingerprint density at radius 1 is 1.33 bits per heavy atom. The van der Waals surface area contributed by atoms with Crippen LogP contribution in [0.25, 0.3) is 0 Å². The van der Waals surface area contributed by atoms with Gasteiger partial charge in [-0.1, -0.05) is 0 Å². The molecule has 3 nitrogen and oxygen atoms in total. The van der Waals surface area contributed by atoms with Gasteiger partial charge in [0.25, 0.3) is 0 Å². The first-order valence-corrected chi connectivity index (χ1v) is 5.85. The molecule has 0 atom stereocenters. The standard InChI is InChI=1S/C12H15F3N2O/c1-8-6-9(12(13,14)15)7-16-11(8)17-4-2-10(18)3-5-17/h6-7,10,18H,2-5H2,1H3. The Morgan fingerprint density at radius 2 is 1.94 bits per heavy atom. The van der Waals surface area contributed by atoms with Crippen molar-refractivity contribution >= 4 is 5.82 Å².